The lowest BCUT2D eigenvalue weighted by molar-refractivity contribution is 0.305. The zero-order valence-electron chi connectivity index (χ0n) is 10.7. The standard InChI is InChI=1S/C15H14F2N2O/c16-13-6-3-11(7-14(13)17)9-20-12-4-1-10(2-5-12)8-15(18)19/h1-7H,8-9H2,(H3,18,19). The molecule has 0 aliphatic carbocycles. The van der Waals surface area contributed by atoms with Crippen LogP contribution in [0.2, 0.25) is 0 Å². The summed E-state index contributed by atoms with van der Waals surface area (Å²) in [5.74, 6) is -1.05. The lowest BCUT2D eigenvalue weighted by Gasteiger charge is -2.07. The molecule has 104 valence electrons. The molecule has 3 nitrogen and oxygen atoms in total. The fourth-order valence-electron chi connectivity index (χ4n) is 1.72. The van der Waals surface area contributed by atoms with Crippen LogP contribution < -0.4 is 10.5 Å². The molecule has 0 radical (unpaired) electrons. The third-order valence-corrected chi connectivity index (χ3v) is 2.71. The van der Waals surface area contributed by atoms with Crippen molar-refractivity contribution in [2.24, 2.45) is 5.73 Å². The fraction of sp³-hybridized carbons (Fsp3) is 0.133. The van der Waals surface area contributed by atoms with E-state index in [1.165, 1.54) is 6.07 Å². The molecule has 0 fully saturated rings. The van der Waals surface area contributed by atoms with Gasteiger partial charge < -0.3 is 10.5 Å². The van der Waals surface area contributed by atoms with E-state index in [0.29, 0.717) is 17.7 Å². The van der Waals surface area contributed by atoms with Crippen LogP contribution in [0.1, 0.15) is 11.1 Å². The highest BCUT2D eigenvalue weighted by molar-refractivity contribution is 5.79. The van der Waals surface area contributed by atoms with Gasteiger partial charge in [0.15, 0.2) is 11.6 Å². The molecule has 5 heteroatoms. The van der Waals surface area contributed by atoms with Crippen molar-refractivity contribution in [2.75, 3.05) is 0 Å². The molecule has 0 spiro atoms. The van der Waals surface area contributed by atoms with E-state index in [2.05, 4.69) is 0 Å². The molecule has 0 bridgehead atoms. The van der Waals surface area contributed by atoms with Gasteiger partial charge in [0.25, 0.3) is 0 Å². The van der Waals surface area contributed by atoms with Crippen LogP contribution in [0.5, 0.6) is 5.75 Å². The van der Waals surface area contributed by atoms with E-state index >= 15 is 0 Å². The van der Waals surface area contributed by atoms with E-state index in [1.807, 2.05) is 12.1 Å². The summed E-state index contributed by atoms with van der Waals surface area (Å²) in [6.07, 6.45) is 0.392. The van der Waals surface area contributed by atoms with Gasteiger partial charge in [-0.15, -0.1) is 0 Å². The predicted molar refractivity (Wildman–Crippen MR) is 72.8 cm³/mol. The normalized spacial score (nSPS) is 10.3. The first-order valence-corrected chi connectivity index (χ1v) is 6.03. The van der Waals surface area contributed by atoms with E-state index in [1.54, 1.807) is 12.1 Å². The SMILES string of the molecule is N=C(N)Cc1ccc(OCc2ccc(F)c(F)c2)cc1. The molecule has 20 heavy (non-hydrogen) atoms. The number of amidine groups is 1. The zero-order valence-corrected chi connectivity index (χ0v) is 10.7. The summed E-state index contributed by atoms with van der Waals surface area (Å²) < 4.78 is 31.3. The molecule has 0 amide bonds. The quantitative estimate of drug-likeness (QED) is 0.651. The Morgan fingerprint density at radius 2 is 1.65 bits per heavy atom. The maximum atomic E-state index is 13.0. The highest BCUT2D eigenvalue weighted by atomic mass is 19.2. The summed E-state index contributed by atoms with van der Waals surface area (Å²) in [6.45, 7) is 0.156. The third kappa shape index (κ3) is 3.78. The molecular formula is C15H14F2N2O. The number of nitrogens with two attached hydrogens (primary N) is 1. The number of ether oxygens (including phenoxy) is 1. The van der Waals surface area contributed by atoms with Crippen molar-refractivity contribution in [3.05, 3.63) is 65.2 Å². The van der Waals surface area contributed by atoms with Crippen molar-refractivity contribution in [1.82, 2.24) is 0 Å². The smallest absolute Gasteiger partial charge is 0.159 e. The highest BCUT2D eigenvalue weighted by Gasteiger charge is 2.03. The summed E-state index contributed by atoms with van der Waals surface area (Å²) in [6, 6.07) is 10.8. The van der Waals surface area contributed by atoms with Crippen molar-refractivity contribution in [3.63, 3.8) is 0 Å². The first kappa shape index (κ1) is 14.0. The zero-order chi connectivity index (χ0) is 14.5. The maximum Gasteiger partial charge on any atom is 0.159 e. The highest BCUT2D eigenvalue weighted by Crippen LogP contribution is 2.15. The molecule has 0 aliphatic rings. The Hall–Kier alpha value is -2.43. The number of halogens is 2. The minimum Gasteiger partial charge on any atom is -0.489 e. The molecule has 2 aromatic carbocycles. The fourth-order valence-corrected chi connectivity index (χ4v) is 1.72. The van der Waals surface area contributed by atoms with Gasteiger partial charge in [-0.05, 0) is 35.4 Å². The summed E-state index contributed by atoms with van der Waals surface area (Å²) in [5.41, 5.74) is 6.78. The van der Waals surface area contributed by atoms with E-state index < -0.39 is 11.6 Å². The number of rotatable bonds is 5. The summed E-state index contributed by atoms with van der Waals surface area (Å²) in [7, 11) is 0. The van der Waals surface area contributed by atoms with Crippen LogP contribution in [0.3, 0.4) is 0 Å². The van der Waals surface area contributed by atoms with Crippen LogP contribution in [-0.2, 0) is 13.0 Å². The van der Waals surface area contributed by atoms with Crippen LogP contribution in [0, 0.1) is 17.0 Å². The van der Waals surface area contributed by atoms with Crippen molar-refractivity contribution in [1.29, 1.82) is 5.41 Å². The summed E-state index contributed by atoms with van der Waals surface area (Å²) >= 11 is 0. The molecule has 0 heterocycles. The van der Waals surface area contributed by atoms with Crippen LogP contribution >= 0.6 is 0 Å². The summed E-state index contributed by atoms with van der Waals surface area (Å²) in [5, 5.41) is 7.20. The number of nitrogens with one attached hydrogen (secondary N) is 1. The van der Waals surface area contributed by atoms with Crippen molar-refractivity contribution in [3.8, 4) is 5.75 Å². The molecule has 0 aliphatic heterocycles. The Morgan fingerprint density at radius 3 is 2.25 bits per heavy atom. The summed E-state index contributed by atoms with van der Waals surface area (Å²) in [4.78, 5) is 0. The van der Waals surface area contributed by atoms with Gasteiger partial charge in [-0.2, -0.15) is 0 Å². The molecule has 2 rings (SSSR count). The van der Waals surface area contributed by atoms with E-state index in [0.717, 1.165) is 17.7 Å². The number of benzene rings is 2. The van der Waals surface area contributed by atoms with Gasteiger partial charge in [0, 0.05) is 6.42 Å². The second-order valence-corrected chi connectivity index (χ2v) is 4.38. The van der Waals surface area contributed by atoms with Gasteiger partial charge in [-0.1, -0.05) is 18.2 Å². The maximum absolute atomic E-state index is 13.0. The Bertz CT molecular complexity index is 612. The predicted octanol–water partition coefficient (Wildman–Crippen LogP) is 3.02. The average Bonchev–Trinajstić information content (AvgIpc) is 2.41. The average molecular weight is 276 g/mol. The van der Waals surface area contributed by atoms with Gasteiger partial charge in [-0.25, -0.2) is 8.78 Å². The topological polar surface area (TPSA) is 59.1 Å². The Balaban J connectivity index is 1.96. The van der Waals surface area contributed by atoms with Crippen LogP contribution in [0.15, 0.2) is 42.5 Å². The van der Waals surface area contributed by atoms with Gasteiger partial charge in [0.1, 0.15) is 12.4 Å². The van der Waals surface area contributed by atoms with Crippen molar-refractivity contribution < 1.29 is 13.5 Å². The van der Waals surface area contributed by atoms with Crippen molar-refractivity contribution in [2.45, 2.75) is 13.0 Å². The number of hydrogen-bond donors (Lipinski definition) is 2. The number of hydrogen-bond acceptors (Lipinski definition) is 2. The Morgan fingerprint density at radius 1 is 1.00 bits per heavy atom. The first-order valence-electron chi connectivity index (χ1n) is 6.03. The van der Waals surface area contributed by atoms with Crippen LogP contribution in [0.4, 0.5) is 8.78 Å². The molecule has 0 unspecified atom stereocenters. The second kappa shape index (κ2) is 6.14. The molecule has 0 atom stereocenters. The van der Waals surface area contributed by atoms with Crippen LogP contribution in [-0.4, -0.2) is 5.84 Å². The molecule has 0 saturated heterocycles. The third-order valence-electron chi connectivity index (χ3n) is 2.71. The van der Waals surface area contributed by atoms with Gasteiger partial charge in [-0.3, -0.25) is 5.41 Å². The minimum absolute atomic E-state index is 0.0976. The second-order valence-electron chi connectivity index (χ2n) is 4.38. The largest absolute Gasteiger partial charge is 0.489 e. The Kier molecular flexibility index (Phi) is 4.30. The minimum atomic E-state index is -0.886. The van der Waals surface area contributed by atoms with E-state index in [9.17, 15) is 8.78 Å². The molecule has 0 saturated carbocycles. The Labute approximate surface area is 115 Å². The van der Waals surface area contributed by atoms with Gasteiger partial charge in [0.2, 0.25) is 0 Å². The first-order chi connectivity index (χ1) is 9.54. The van der Waals surface area contributed by atoms with E-state index in [-0.39, 0.29) is 12.4 Å². The molecule has 2 aromatic rings. The molecule has 3 N–H and O–H groups in total. The van der Waals surface area contributed by atoms with Crippen molar-refractivity contribution >= 4 is 5.84 Å². The van der Waals surface area contributed by atoms with Gasteiger partial charge in [0.05, 0.1) is 5.84 Å². The lowest BCUT2D eigenvalue weighted by atomic mass is 10.1. The lowest BCUT2D eigenvalue weighted by Crippen LogP contribution is -2.12. The van der Waals surface area contributed by atoms with Crippen LogP contribution in [0.25, 0.3) is 0 Å². The monoisotopic (exact) mass is 276 g/mol. The molecule has 0 aromatic heterocycles. The molecular weight excluding hydrogens is 262 g/mol. The van der Waals surface area contributed by atoms with E-state index in [4.69, 9.17) is 15.9 Å². The van der Waals surface area contributed by atoms with Gasteiger partial charge >= 0.3 is 0 Å².